The van der Waals surface area contributed by atoms with Gasteiger partial charge in [0.2, 0.25) is 5.91 Å². The van der Waals surface area contributed by atoms with Gasteiger partial charge in [-0.2, -0.15) is 0 Å². The van der Waals surface area contributed by atoms with Crippen LogP contribution in [0.15, 0.2) is 4.99 Å². The number of amides is 1. The average molecular weight is 426 g/mol. The van der Waals surface area contributed by atoms with Crippen LogP contribution in [0.5, 0.6) is 0 Å². The van der Waals surface area contributed by atoms with Crippen LogP contribution in [0.4, 0.5) is 0 Å². The molecule has 0 radical (unpaired) electrons. The van der Waals surface area contributed by atoms with Crippen molar-refractivity contribution in [1.29, 1.82) is 0 Å². The highest BCUT2D eigenvalue weighted by Gasteiger charge is 2.15. The smallest absolute Gasteiger partial charge is 0.221 e. The van der Waals surface area contributed by atoms with Crippen molar-refractivity contribution in [2.45, 2.75) is 57.5 Å². The number of ether oxygens (including phenoxy) is 1. The first-order valence-electron chi connectivity index (χ1n) is 7.91. The lowest BCUT2D eigenvalue weighted by Gasteiger charge is -2.23. The monoisotopic (exact) mass is 426 g/mol. The van der Waals surface area contributed by atoms with Crippen LogP contribution in [-0.4, -0.2) is 51.3 Å². The van der Waals surface area contributed by atoms with Gasteiger partial charge in [-0.1, -0.05) is 19.3 Å². The summed E-state index contributed by atoms with van der Waals surface area (Å²) in [5.41, 5.74) is 0. The molecule has 0 aliphatic heterocycles. The van der Waals surface area contributed by atoms with E-state index in [0.29, 0.717) is 31.6 Å². The highest BCUT2D eigenvalue weighted by Crippen LogP contribution is 2.17. The van der Waals surface area contributed by atoms with Crippen molar-refractivity contribution < 1.29 is 9.53 Å². The van der Waals surface area contributed by atoms with Gasteiger partial charge in [-0.15, -0.1) is 24.0 Å². The number of carbonyl (C=O) groups excluding carboxylic acids is 1. The van der Waals surface area contributed by atoms with Crippen molar-refractivity contribution >= 4 is 35.8 Å². The first kappa shape index (κ1) is 21.4. The van der Waals surface area contributed by atoms with Gasteiger partial charge in [0.1, 0.15) is 0 Å². The lowest BCUT2D eigenvalue weighted by Crippen LogP contribution is -2.45. The van der Waals surface area contributed by atoms with E-state index in [9.17, 15) is 4.79 Å². The third kappa shape index (κ3) is 9.45. The summed E-state index contributed by atoms with van der Waals surface area (Å²) in [6.45, 7) is 3.22. The molecular weight excluding hydrogens is 395 g/mol. The predicted octanol–water partition coefficient (Wildman–Crippen LogP) is 1.64. The average Bonchev–Trinajstić information content (AvgIpc) is 2.47. The molecule has 1 amide bonds. The van der Waals surface area contributed by atoms with Gasteiger partial charge in [0.15, 0.2) is 5.96 Å². The molecule has 0 aromatic rings. The van der Waals surface area contributed by atoms with E-state index in [1.165, 1.54) is 19.3 Å². The topological polar surface area (TPSA) is 74.8 Å². The molecule has 1 rings (SSSR count). The second-order valence-corrected chi connectivity index (χ2v) is 5.65. The Morgan fingerprint density at radius 2 is 2.00 bits per heavy atom. The van der Waals surface area contributed by atoms with Gasteiger partial charge in [0, 0.05) is 39.2 Å². The van der Waals surface area contributed by atoms with E-state index in [-0.39, 0.29) is 35.9 Å². The number of nitrogens with zero attached hydrogens (tertiary/aromatic N) is 1. The molecule has 0 aromatic heterocycles. The van der Waals surface area contributed by atoms with Crippen LogP contribution >= 0.6 is 24.0 Å². The lowest BCUT2D eigenvalue weighted by molar-refractivity contribution is -0.121. The van der Waals surface area contributed by atoms with Gasteiger partial charge in [-0.25, -0.2) is 0 Å². The zero-order valence-corrected chi connectivity index (χ0v) is 16.3. The normalized spacial score (nSPS) is 17.3. The van der Waals surface area contributed by atoms with Crippen LogP contribution in [0.1, 0.15) is 45.4 Å². The SMILES string of the molecule is CN=C(NCCC(=O)NC1CCCCC1)NC(C)COC.I. The standard InChI is InChI=1S/C15H30N4O2.HI/c1-12(11-21-3)18-15(16-2)17-10-9-14(20)19-13-7-5-4-6-8-13;/h12-13H,4-11H2,1-3H3,(H,19,20)(H2,16,17,18);1H. The van der Waals surface area contributed by atoms with Crippen LogP contribution < -0.4 is 16.0 Å². The number of halogens is 1. The molecule has 6 nitrogen and oxygen atoms in total. The number of rotatable bonds is 7. The van der Waals surface area contributed by atoms with Crippen LogP contribution in [-0.2, 0) is 9.53 Å². The first-order valence-corrected chi connectivity index (χ1v) is 7.91. The molecule has 0 saturated heterocycles. The van der Waals surface area contributed by atoms with E-state index in [0.717, 1.165) is 12.8 Å². The fourth-order valence-electron chi connectivity index (χ4n) is 2.56. The van der Waals surface area contributed by atoms with Crippen LogP contribution in [0.25, 0.3) is 0 Å². The third-order valence-corrected chi connectivity index (χ3v) is 3.64. The Hall–Kier alpha value is -0.570. The maximum Gasteiger partial charge on any atom is 0.221 e. The Kier molecular flexibility index (Phi) is 12.6. The number of guanidine groups is 1. The summed E-state index contributed by atoms with van der Waals surface area (Å²) < 4.78 is 5.07. The molecule has 22 heavy (non-hydrogen) atoms. The molecule has 1 saturated carbocycles. The molecule has 1 aliphatic rings. The highest BCUT2D eigenvalue weighted by molar-refractivity contribution is 14.0. The molecule has 3 N–H and O–H groups in total. The van der Waals surface area contributed by atoms with Gasteiger partial charge in [-0.3, -0.25) is 9.79 Å². The maximum atomic E-state index is 11.9. The summed E-state index contributed by atoms with van der Waals surface area (Å²) in [6.07, 6.45) is 6.48. The van der Waals surface area contributed by atoms with Crippen molar-refractivity contribution in [3.8, 4) is 0 Å². The molecule has 7 heteroatoms. The Bertz CT molecular complexity index is 334. The maximum absolute atomic E-state index is 11.9. The van der Waals surface area contributed by atoms with Gasteiger partial charge < -0.3 is 20.7 Å². The number of carbonyl (C=O) groups is 1. The predicted molar refractivity (Wildman–Crippen MR) is 101 cm³/mol. The van der Waals surface area contributed by atoms with Gasteiger partial charge in [-0.05, 0) is 19.8 Å². The molecule has 0 heterocycles. The molecule has 130 valence electrons. The fourth-order valence-corrected chi connectivity index (χ4v) is 2.56. The van der Waals surface area contributed by atoms with E-state index in [1.807, 2.05) is 6.92 Å². The molecule has 1 fully saturated rings. The van der Waals surface area contributed by atoms with E-state index in [2.05, 4.69) is 20.9 Å². The molecule has 0 aromatic carbocycles. The lowest BCUT2D eigenvalue weighted by atomic mass is 9.95. The molecule has 1 atom stereocenters. The zero-order valence-electron chi connectivity index (χ0n) is 14.0. The Morgan fingerprint density at radius 3 is 2.59 bits per heavy atom. The largest absolute Gasteiger partial charge is 0.383 e. The second kappa shape index (κ2) is 12.9. The van der Waals surface area contributed by atoms with Crippen LogP contribution in [0, 0.1) is 0 Å². The summed E-state index contributed by atoms with van der Waals surface area (Å²) in [4.78, 5) is 16.0. The Morgan fingerprint density at radius 1 is 1.32 bits per heavy atom. The summed E-state index contributed by atoms with van der Waals surface area (Å²) >= 11 is 0. The second-order valence-electron chi connectivity index (χ2n) is 5.65. The van der Waals surface area contributed by atoms with Gasteiger partial charge in [0.25, 0.3) is 0 Å². The van der Waals surface area contributed by atoms with E-state index < -0.39 is 0 Å². The molecule has 0 bridgehead atoms. The number of aliphatic imine (C=N–C) groups is 1. The summed E-state index contributed by atoms with van der Waals surface area (Å²) in [5, 5.41) is 9.47. The molecule has 1 unspecified atom stereocenters. The zero-order chi connectivity index (χ0) is 15.5. The van der Waals surface area contributed by atoms with Gasteiger partial charge >= 0.3 is 0 Å². The Balaban J connectivity index is 0.00000441. The first-order chi connectivity index (χ1) is 10.2. The van der Waals surface area contributed by atoms with Crippen molar-refractivity contribution in [3.63, 3.8) is 0 Å². The number of hydrogen-bond donors (Lipinski definition) is 3. The summed E-state index contributed by atoms with van der Waals surface area (Å²) in [7, 11) is 3.39. The summed E-state index contributed by atoms with van der Waals surface area (Å²) in [6, 6.07) is 0.558. The van der Waals surface area contributed by atoms with Gasteiger partial charge in [0.05, 0.1) is 6.61 Å². The minimum Gasteiger partial charge on any atom is -0.383 e. The Labute approximate surface area is 151 Å². The minimum absolute atomic E-state index is 0. The number of nitrogens with one attached hydrogen (secondary N) is 3. The van der Waals surface area contributed by atoms with Crippen LogP contribution in [0.2, 0.25) is 0 Å². The fraction of sp³-hybridized carbons (Fsp3) is 0.867. The molecule has 1 aliphatic carbocycles. The van der Waals surface area contributed by atoms with E-state index in [4.69, 9.17) is 4.74 Å². The van der Waals surface area contributed by atoms with E-state index in [1.54, 1.807) is 14.2 Å². The third-order valence-electron chi connectivity index (χ3n) is 3.64. The quantitative estimate of drug-likeness (QED) is 0.329. The summed E-state index contributed by atoms with van der Waals surface area (Å²) in [5.74, 6) is 0.819. The van der Waals surface area contributed by atoms with E-state index >= 15 is 0 Å². The molecular formula is C15H31IN4O2. The molecule has 0 spiro atoms. The highest BCUT2D eigenvalue weighted by atomic mass is 127. The minimum atomic E-state index is 0. The van der Waals surface area contributed by atoms with Crippen molar-refractivity contribution in [1.82, 2.24) is 16.0 Å². The van der Waals surface area contributed by atoms with Crippen LogP contribution in [0.3, 0.4) is 0 Å². The van der Waals surface area contributed by atoms with Crippen molar-refractivity contribution in [2.75, 3.05) is 27.3 Å². The number of hydrogen-bond acceptors (Lipinski definition) is 3. The number of methoxy groups -OCH3 is 1. The van der Waals surface area contributed by atoms with Crippen molar-refractivity contribution in [3.05, 3.63) is 0 Å². The van der Waals surface area contributed by atoms with Crippen molar-refractivity contribution in [2.24, 2.45) is 4.99 Å².